The standard InChI is InChI=1S/C22H29N3O4S/c1-6-24(7-2)22(27)19-10-8-9-11-20(19)23-21(26)17(4)25(30(5,28)29)18-14-12-16(3)13-15-18/h8-15,17H,6-7H2,1-5H3,(H,23,26)/t17-/m0/s1. The number of carbonyl (C=O) groups is 2. The lowest BCUT2D eigenvalue weighted by Crippen LogP contribution is -2.45. The van der Waals surface area contributed by atoms with E-state index in [-0.39, 0.29) is 5.91 Å². The van der Waals surface area contributed by atoms with Gasteiger partial charge in [0, 0.05) is 13.1 Å². The minimum absolute atomic E-state index is 0.193. The van der Waals surface area contributed by atoms with E-state index in [4.69, 9.17) is 0 Å². The Bertz CT molecular complexity index is 999. The average Bonchev–Trinajstić information content (AvgIpc) is 2.69. The summed E-state index contributed by atoms with van der Waals surface area (Å²) in [7, 11) is -3.72. The quantitative estimate of drug-likeness (QED) is 0.695. The van der Waals surface area contributed by atoms with Gasteiger partial charge in [-0.2, -0.15) is 0 Å². The lowest BCUT2D eigenvalue weighted by molar-refractivity contribution is -0.116. The summed E-state index contributed by atoms with van der Waals surface area (Å²) in [4.78, 5) is 27.4. The maximum Gasteiger partial charge on any atom is 0.255 e. The van der Waals surface area contributed by atoms with E-state index in [9.17, 15) is 18.0 Å². The first-order chi connectivity index (χ1) is 14.1. The number of para-hydroxylation sites is 1. The Labute approximate surface area is 178 Å². The molecule has 0 heterocycles. The zero-order valence-electron chi connectivity index (χ0n) is 18.0. The summed E-state index contributed by atoms with van der Waals surface area (Å²) in [6.45, 7) is 8.28. The van der Waals surface area contributed by atoms with E-state index in [1.807, 2.05) is 20.8 Å². The highest BCUT2D eigenvalue weighted by Gasteiger charge is 2.30. The van der Waals surface area contributed by atoms with Gasteiger partial charge in [-0.1, -0.05) is 29.8 Å². The molecule has 2 aromatic rings. The molecule has 7 nitrogen and oxygen atoms in total. The van der Waals surface area contributed by atoms with Crippen LogP contribution in [0.15, 0.2) is 48.5 Å². The highest BCUT2D eigenvalue weighted by molar-refractivity contribution is 7.92. The Kier molecular flexibility index (Phi) is 7.61. The monoisotopic (exact) mass is 431 g/mol. The number of rotatable bonds is 8. The fourth-order valence-corrected chi connectivity index (χ4v) is 4.37. The summed E-state index contributed by atoms with van der Waals surface area (Å²) in [5.41, 5.74) is 2.10. The number of hydrogen-bond acceptors (Lipinski definition) is 4. The van der Waals surface area contributed by atoms with Crippen LogP contribution in [0.2, 0.25) is 0 Å². The molecule has 0 aliphatic rings. The molecular formula is C22H29N3O4S. The Morgan fingerprint density at radius 2 is 1.57 bits per heavy atom. The van der Waals surface area contributed by atoms with Crippen molar-refractivity contribution in [3.63, 3.8) is 0 Å². The third kappa shape index (κ3) is 5.38. The van der Waals surface area contributed by atoms with Crippen molar-refractivity contribution in [3.8, 4) is 0 Å². The first kappa shape index (κ1) is 23.4. The Hall–Kier alpha value is -2.87. The molecule has 0 aliphatic carbocycles. The van der Waals surface area contributed by atoms with Gasteiger partial charge in [0.15, 0.2) is 0 Å². The van der Waals surface area contributed by atoms with E-state index in [2.05, 4.69) is 5.32 Å². The van der Waals surface area contributed by atoms with Crippen LogP contribution in [0.5, 0.6) is 0 Å². The number of hydrogen-bond donors (Lipinski definition) is 1. The van der Waals surface area contributed by atoms with Crippen LogP contribution >= 0.6 is 0 Å². The van der Waals surface area contributed by atoms with E-state index in [1.165, 1.54) is 6.92 Å². The predicted octanol–water partition coefficient (Wildman–Crippen LogP) is 3.27. The zero-order chi connectivity index (χ0) is 22.5. The molecule has 0 aromatic heterocycles. The van der Waals surface area contributed by atoms with Gasteiger partial charge in [-0.25, -0.2) is 8.42 Å². The molecule has 2 amide bonds. The minimum Gasteiger partial charge on any atom is -0.339 e. The van der Waals surface area contributed by atoms with Crippen LogP contribution in [0.25, 0.3) is 0 Å². The van der Waals surface area contributed by atoms with Crippen molar-refractivity contribution in [2.45, 2.75) is 33.7 Å². The topological polar surface area (TPSA) is 86.8 Å². The van der Waals surface area contributed by atoms with Gasteiger partial charge < -0.3 is 10.2 Å². The van der Waals surface area contributed by atoms with Gasteiger partial charge in [0.05, 0.1) is 23.2 Å². The van der Waals surface area contributed by atoms with Crippen LogP contribution < -0.4 is 9.62 Å². The number of carbonyl (C=O) groups excluding carboxylic acids is 2. The van der Waals surface area contributed by atoms with Crippen molar-refractivity contribution in [1.82, 2.24) is 4.90 Å². The first-order valence-electron chi connectivity index (χ1n) is 9.85. The van der Waals surface area contributed by atoms with Crippen LogP contribution in [0.4, 0.5) is 11.4 Å². The molecule has 30 heavy (non-hydrogen) atoms. The van der Waals surface area contributed by atoms with E-state index < -0.39 is 22.0 Å². The fraction of sp³-hybridized carbons (Fsp3) is 0.364. The number of amides is 2. The number of nitrogens with one attached hydrogen (secondary N) is 1. The second-order valence-corrected chi connectivity index (χ2v) is 8.94. The molecule has 8 heteroatoms. The SMILES string of the molecule is CCN(CC)C(=O)c1ccccc1NC(=O)[C@H](C)N(c1ccc(C)cc1)S(C)(=O)=O. The van der Waals surface area contributed by atoms with Crippen molar-refractivity contribution in [2.24, 2.45) is 0 Å². The number of nitrogens with zero attached hydrogens (tertiary/aromatic N) is 2. The van der Waals surface area contributed by atoms with Gasteiger partial charge in [0.25, 0.3) is 5.91 Å². The Balaban J connectivity index is 2.34. The number of benzene rings is 2. The maximum atomic E-state index is 13.0. The molecule has 0 fully saturated rings. The second-order valence-electron chi connectivity index (χ2n) is 7.08. The molecule has 2 aromatic carbocycles. The molecule has 1 N–H and O–H groups in total. The average molecular weight is 432 g/mol. The van der Waals surface area contributed by atoms with Gasteiger partial charge in [-0.3, -0.25) is 13.9 Å². The molecule has 2 rings (SSSR count). The van der Waals surface area contributed by atoms with Crippen LogP contribution in [-0.2, 0) is 14.8 Å². The lowest BCUT2D eigenvalue weighted by Gasteiger charge is -2.28. The van der Waals surface area contributed by atoms with Crippen LogP contribution in [0.1, 0.15) is 36.7 Å². The molecular weight excluding hydrogens is 402 g/mol. The van der Waals surface area contributed by atoms with Crippen LogP contribution in [0.3, 0.4) is 0 Å². The molecule has 1 atom stereocenters. The summed E-state index contributed by atoms with van der Waals surface area (Å²) < 4.78 is 26.0. The second kappa shape index (κ2) is 9.75. The summed E-state index contributed by atoms with van der Waals surface area (Å²) in [5.74, 6) is -0.720. The highest BCUT2D eigenvalue weighted by Crippen LogP contribution is 2.23. The lowest BCUT2D eigenvalue weighted by atomic mass is 10.1. The summed E-state index contributed by atoms with van der Waals surface area (Å²) in [6.07, 6.45) is 1.06. The normalized spacial score (nSPS) is 12.2. The summed E-state index contributed by atoms with van der Waals surface area (Å²) in [5, 5.41) is 2.74. The summed E-state index contributed by atoms with van der Waals surface area (Å²) in [6, 6.07) is 12.6. The van der Waals surface area contributed by atoms with Gasteiger partial charge in [-0.05, 0) is 52.0 Å². The first-order valence-corrected chi connectivity index (χ1v) is 11.7. The molecule has 0 unspecified atom stereocenters. The minimum atomic E-state index is -3.72. The van der Waals surface area contributed by atoms with E-state index in [0.717, 1.165) is 16.1 Å². The molecule has 0 saturated carbocycles. The predicted molar refractivity (Wildman–Crippen MR) is 120 cm³/mol. The van der Waals surface area contributed by atoms with Crippen molar-refractivity contribution >= 4 is 33.2 Å². The van der Waals surface area contributed by atoms with Gasteiger partial charge in [0.1, 0.15) is 6.04 Å². The van der Waals surface area contributed by atoms with Crippen LogP contribution in [0, 0.1) is 6.92 Å². The number of anilines is 2. The van der Waals surface area contributed by atoms with Crippen molar-refractivity contribution in [1.29, 1.82) is 0 Å². The third-order valence-corrected chi connectivity index (χ3v) is 6.08. The van der Waals surface area contributed by atoms with Gasteiger partial charge >= 0.3 is 0 Å². The largest absolute Gasteiger partial charge is 0.339 e. The van der Waals surface area contributed by atoms with Crippen molar-refractivity contribution < 1.29 is 18.0 Å². The molecule has 0 spiro atoms. The maximum absolute atomic E-state index is 13.0. The highest BCUT2D eigenvalue weighted by atomic mass is 32.2. The smallest absolute Gasteiger partial charge is 0.255 e. The fourth-order valence-electron chi connectivity index (χ4n) is 3.20. The van der Waals surface area contributed by atoms with E-state index in [0.29, 0.717) is 30.0 Å². The zero-order valence-corrected chi connectivity index (χ0v) is 18.9. The molecule has 162 valence electrons. The number of aryl methyl sites for hydroxylation is 1. The molecule has 0 radical (unpaired) electrons. The van der Waals surface area contributed by atoms with E-state index >= 15 is 0 Å². The van der Waals surface area contributed by atoms with Crippen molar-refractivity contribution in [3.05, 3.63) is 59.7 Å². The van der Waals surface area contributed by atoms with E-state index in [1.54, 1.807) is 53.4 Å². The molecule has 0 aliphatic heterocycles. The summed E-state index contributed by atoms with van der Waals surface area (Å²) >= 11 is 0. The third-order valence-electron chi connectivity index (χ3n) is 4.84. The molecule has 0 saturated heterocycles. The van der Waals surface area contributed by atoms with Crippen LogP contribution in [-0.4, -0.2) is 50.5 Å². The van der Waals surface area contributed by atoms with Gasteiger partial charge in [-0.15, -0.1) is 0 Å². The molecule has 0 bridgehead atoms. The van der Waals surface area contributed by atoms with Crippen molar-refractivity contribution in [2.75, 3.05) is 29.0 Å². The number of sulfonamides is 1. The van der Waals surface area contributed by atoms with Gasteiger partial charge in [0.2, 0.25) is 15.9 Å². The Morgan fingerprint density at radius 3 is 2.10 bits per heavy atom. The Morgan fingerprint density at radius 1 is 1.00 bits per heavy atom.